The molecular weight excluding hydrogens is 344 g/mol. The predicted octanol–water partition coefficient (Wildman–Crippen LogP) is 5.56. The van der Waals surface area contributed by atoms with Crippen molar-refractivity contribution < 1.29 is 9.53 Å². The third kappa shape index (κ3) is 1.93. The minimum Gasteiger partial charge on any atom is -0.374 e. The number of allylic oxidation sites excluding steroid dienone is 1. The average molecular weight is 381 g/mol. The molecule has 1 spiro atoms. The van der Waals surface area contributed by atoms with Crippen molar-refractivity contribution in [1.82, 2.24) is 0 Å². The Balaban J connectivity index is 1.33. The maximum absolute atomic E-state index is 12.2. The lowest BCUT2D eigenvalue weighted by molar-refractivity contribution is -0.168. The van der Waals surface area contributed by atoms with E-state index in [2.05, 4.69) is 13.0 Å². The van der Waals surface area contributed by atoms with Gasteiger partial charge in [0.2, 0.25) is 0 Å². The summed E-state index contributed by atoms with van der Waals surface area (Å²) in [5.74, 6) is 7.63. The summed E-state index contributed by atoms with van der Waals surface area (Å²) in [6, 6.07) is 0. The van der Waals surface area contributed by atoms with Gasteiger partial charge in [-0.1, -0.05) is 12.5 Å². The van der Waals surface area contributed by atoms with E-state index < -0.39 is 0 Å². The summed E-state index contributed by atoms with van der Waals surface area (Å²) >= 11 is 0. The van der Waals surface area contributed by atoms with E-state index >= 15 is 0 Å². The Hall–Kier alpha value is -0.630. The largest absolute Gasteiger partial charge is 0.374 e. The molecule has 152 valence electrons. The van der Waals surface area contributed by atoms with Crippen LogP contribution in [0, 0.1) is 52.8 Å². The lowest BCUT2D eigenvalue weighted by Crippen LogP contribution is -2.58. The molecule has 1 saturated heterocycles. The van der Waals surface area contributed by atoms with Gasteiger partial charge in [-0.05, 0) is 118 Å². The molecule has 0 radical (unpaired) electrons. The molecule has 5 saturated carbocycles. The first-order valence-corrected chi connectivity index (χ1v) is 12.6. The van der Waals surface area contributed by atoms with Crippen molar-refractivity contribution in [3.8, 4) is 0 Å². The number of hydrogen-bond acceptors (Lipinski definition) is 2. The van der Waals surface area contributed by atoms with E-state index in [0.717, 1.165) is 66.8 Å². The van der Waals surface area contributed by atoms with E-state index in [-0.39, 0.29) is 5.60 Å². The fraction of sp³-hybridized carbons (Fsp3) is 0.885. The lowest BCUT2D eigenvalue weighted by Gasteiger charge is -2.61. The van der Waals surface area contributed by atoms with E-state index in [1.54, 1.807) is 5.57 Å². The molecule has 7 aliphatic rings. The van der Waals surface area contributed by atoms with Gasteiger partial charge in [-0.15, -0.1) is 0 Å². The number of fused-ring (bicyclic) bond motifs is 9. The fourth-order valence-corrected chi connectivity index (χ4v) is 10.2. The van der Waals surface area contributed by atoms with Crippen LogP contribution in [0.1, 0.15) is 77.6 Å². The van der Waals surface area contributed by atoms with Crippen molar-refractivity contribution in [3.63, 3.8) is 0 Å². The van der Waals surface area contributed by atoms with Crippen molar-refractivity contribution in [1.29, 1.82) is 0 Å². The summed E-state index contributed by atoms with van der Waals surface area (Å²) in [6.07, 6.45) is 16.6. The van der Waals surface area contributed by atoms with Crippen LogP contribution >= 0.6 is 0 Å². The number of rotatable bonds is 2. The van der Waals surface area contributed by atoms with Crippen LogP contribution in [-0.4, -0.2) is 18.0 Å². The Morgan fingerprint density at radius 2 is 2.00 bits per heavy atom. The normalized spacial score (nSPS) is 56.7. The molecule has 0 amide bonds. The summed E-state index contributed by atoms with van der Waals surface area (Å²) < 4.78 is 6.77. The molecule has 0 aromatic heterocycles. The van der Waals surface area contributed by atoms with Crippen LogP contribution in [-0.2, 0) is 9.53 Å². The summed E-state index contributed by atoms with van der Waals surface area (Å²) in [4.78, 5) is 12.2. The van der Waals surface area contributed by atoms with Crippen molar-refractivity contribution >= 4 is 5.78 Å². The Morgan fingerprint density at radius 1 is 1.11 bits per heavy atom. The zero-order valence-electron chi connectivity index (χ0n) is 17.5. The summed E-state index contributed by atoms with van der Waals surface area (Å²) in [7, 11) is 0. The van der Waals surface area contributed by atoms with Crippen molar-refractivity contribution in [3.05, 3.63) is 11.6 Å². The van der Waals surface area contributed by atoms with Crippen molar-refractivity contribution in [2.45, 2.75) is 83.2 Å². The highest BCUT2D eigenvalue weighted by Gasteiger charge is 2.78. The highest BCUT2D eigenvalue weighted by atomic mass is 16.5. The summed E-state index contributed by atoms with van der Waals surface area (Å²) in [5, 5.41) is 0. The smallest absolute Gasteiger partial charge is 0.155 e. The molecule has 28 heavy (non-hydrogen) atoms. The quantitative estimate of drug-likeness (QED) is 0.627. The maximum Gasteiger partial charge on any atom is 0.155 e. The van der Waals surface area contributed by atoms with Crippen molar-refractivity contribution in [2.75, 3.05) is 6.61 Å². The lowest BCUT2D eigenvalue weighted by atomic mass is 9.45. The van der Waals surface area contributed by atoms with Gasteiger partial charge in [-0.25, -0.2) is 0 Å². The van der Waals surface area contributed by atoms with Crippen LogP contribution in [0.5, 0.6) is 0 Å². The molecule has 6 fully saturated rings. The molecule has 0 aromatic rings. The topological polar surface area (TPSA) is 26.3 Å². The van der Waals surface area contributed by atoms with Crippen LogP contribution in [0.2, 0.25) is 0 Å². The number of carbonyl (C=O) groups is 1. The second-order valence-corrected chi connectivity index (χ2v) is 11.7. The predicted molar refractivity (Wildman–Crippen MR) is 109 cm³/mol. The minimum absolute atomic E-state index is 0.259. The van der Waals surface area contributed by atoms with E-state index in [9.17, 15) is 4.79 Å². The highest BCUT2D eigenvalue weighted by Crippen LogP contribution is 2.80. The van der Waals surface area contributed by atoms with Gasteiger partial charge in [-0.3, -0.25) is 4.79 Å². The first-order valence-electron chi connectivity index (χ1n) is 12.6. The third-order valence-electron chi connectivity index (χ3n) is 11.1. The molecule has 2 nitrogen and oxygen atoms in total. The first kappa shape index (κ1) is 17.1. The van der Waals surface area contributed by atoms with Crippen LogP contribution in [0.4, 0.5) is 0 Å². The summed E-state index contributed by atoms with van der Waals surface area (Å²) in [6.45, 7) is 3.52. The molecule has 0 N–H and O–H groups in total. The molecule has 9 atom stereocenters. The van der Waals surface area contributed by atoms with Gasteiger partial charge in [0, 0.05) is 18.4 Å². The molecule has 0 aromatic carbocycles. The van der Waals surface area contributed by atoms with Gasteiger partial charge in [-0.2, -0.15) is 0 Å². The standard InChI is InChI=1S/C26H36O2/c1-2-25-10-8-19-18-7-6-17(27)12-16(18)13-20(15-4-5-15)23(19)24(25)21-14-22(21)26(25)9-3-11-28-26/h12,15,18-24H,2-11,13-14H2,1H3/t18-,19?,20+,21+,22-,23?,24?,25-,26-/m0/s1. The highest BCUT2D eigenvalue weighted by molar-refractivity contribution is 5.91. The van der Waals surface area contributed by atoms with Crippen LogP contribution < -0.4 is 0 Å². The van der Waals surface area contributed by atoms with Gasteiger partial charge in [0.05, 0.1) is 5.60 Å². The average Bonchev–Trinajstić information content (AvgIpc) is 3.64. The summed E-state index contributed by atoms with van der Waals surface area (Å²) in [5.41, 5.74) is 2.32. The number of ether oxygens (including phenoxy) is 1. The molecule has 1 aliphatic heterocycles. The van der Waals surface area contributed by atoms with E-state index in [1.165, 1.54) is 57.8 Å². The minimum atomic E-state index is 0.259. The van der Waals surface area contributed by atoms with Crippen LogP contribution in [0.25, 0.3) is 0 Å². The Morgan fingerprint density at radius 3 is 2.75 bits per heavy atom. The maximum atomic E-state index is 12.2. The fourth-order valence-electron chi connectivity index (χ4n) is 10.2. The van der Waals surface area contributed by atoms with Crippen LogP contribution in [0.3, 0.4) is 0 Å². The third-order valence-corrected chi connectivity index (χ3v) is 11.1. The molecule has 6 aliphatic carbocycles. The molecule has 1 heterocycles. The first-order chi connectivity index (χ1) is 13.7. The molecule has 2 heteroatoms. The van der Waals surface area contributed by atoms with Crippen molar-refractivity contribution in [2.24, 2.45) is 52.8 Å². The van der Waals surface area contributed by atoms with Gasteiger partial charge >= 0.3 is 0 Å². The Labute approximate surface area is 169 Å². The second kappa shape index (κ2) is 5.54. The monoisotopic (exact) mass is 380 g/mol. The number of ketones is 1. The second-order valence-electron chi connectivity index (χ2n) is 11.7. The van der Waals surface area contributed by atoms with Gasteiger partial charge < -0.3 is 4.74 Å². The van der Waals surface area contributed by atoms with E-state index in [1.807, 2.05) is 0 Å². The zero-order valence-corrected chi connectivity index (χ0v) is 17.5. The zero-order chi connectivity index (χ0) is 18.7. The molecular formula is C26H36O2. The number of carbonyl (C=O) groups excluding carboxylic acids is 1. The molecule has 7 rings (SSSR count). The van der Waals surface area contributed by atoms with Crippen LogP contribution in [0.15, 0.2) is 11.6 Å². The van der Waals surface area contributed by atoms with Gasteiger partial charge in [0.1, 0.15) is 0 Å². The van der Waals surface area contributed by atoms with Gasteiger partial charge in [0.25, 0.3) is 0 Å². The molecule has 3 unspecified atom stereocenters. The SMILES string of the molecule is CC[C@]12CCC3C(C1[C@@H]1C[C@@H]1[C@@]21CCCO1)[C@@H](C1CC1)CC1=CC(=O)CC[C@@H]13. The van der Waals surface area contributed by atoms with E-state index in [4.69, 9.17) is 4.74 Å². The number of hydrogen-bond donors (Lipinski definition) is 0. The molecule has 0 bridgehead atoms. The Kier molecular flexibility index (Phi) is 3.38. The Bertz CT molecular complexity index is 742. The van der Waals surface area contributed by atoms with E-state index in [0.29, 0.717) is 11.2 Å². The van der Waals surface area contributed by atoms with Gasteiger partial charge in [0.15, 0.2) is 5.78 Å².